The van der Waals surface area contributed by atoms with Crippen molar-refractivity contribution in [1.29, 1.82) is 0 Å². The van der Waals surface area contributed by atoms with Gasteiger partial charge >= 0.3 is 0 Å². The monoisotopic (exact) mass is 423 g/mol. The van der Waals surface area contributed by atoms with E-state index in [0.717, 1.165) is 29.9 Å². The number of carbonyl (C=O) groups excluding carboxylic acids is 1. The van der Waals surface area contributed by atoms with Crippen LogP contribution in [0.15, 0.2) is 36.4 Å². The largest absolute Gasteiger partial charge is 0.302 e. The molecule has 0 atom stereocenters. The summed E-state index contributed by atoms with van der Waals surface area (Å²) in [4.78, 5) is 21.0. The Balaban J connectivity index is 2.03. The van der Waals surface area contributed by atoms with Crippen LogP contribution in [0.3, 0.4) is 0 Å². The van der Waals surface area contributed by atoms with E-state index in [9.17, 15) is 13.6 Å². The van der Waals surface area contributed by atoms with Gasteiger partial charge in [-0.1, -0.05) is 48.9 Å². The van der Waals surface area contributed by atoms with Crippen molar-refractivity contribution < 1.29 is 13.6 Å². The highest BCUT2D eigenvalue weighted by Gasteiger charge is 2.27. The number of nitrogens with zero attached hydrogens (tertiary/aromatic N) is 3. The molecule has 0 unspecified atom stereocenters. The molecule has 2 aromatic carbocycles. The number of aromatic nitrogens is 1. The maximum atomic E-state index is 14.2. The first-order valence-electron chi connectivity index (χ1n) is 8.99. The van der Waals surface area contributed by atoms with E-state index in [0.29, 0.717) is 22.2 Å². The second kappa shape index (κ2) is 8.94. The van der Waals surface area contributed by atoms with E-state index in [1.165, 1.54) is 22.3 Å². The molecule has 1 amide bonds. The zero-order valence-corrected chi connectivity index (χ0v) is 17.2. The van der Waals surface area contributed by atoms with Crippen LogP contribution in [0.5, 0.6) is 0 Å². The molecule has 0 bridgehead atoms. The summed E-state index contributed by atoms with van der Waals surface area (Å²) >= 11 is 7.47. The van der Waals surface area contributed by atoms with Crippen LogP contribution in [0.1, 0.15) is 24.2 Å². The minimum absolute atomic E-state index is 0.256. The Hall–Kier alpha value is -2.09. The maximum Gasteiger partial charge on any atom is 0.266 e. The molecule has 0 fully saturated rings. The second-order valence-corrected chi connectivity index (χ2v) is 7.58. The number of carbonyl (C=O) groups is 1. The Kier molecular flexibility index (Phi) is 6.59. The van der Waals surface area contributed by atoms with Crippen LogP contribution in [0.2, 0.25) is 5.02 Å². The van der Waals surface area contributed by atoms with Gasteiger partial charge in [0.15, 0.2) is 5.13 Å². The smallest absolute Gasteiger partial charge is 0.266 e. The van der Waals surface area contributed by atoms with Crippen LogP contribution >= 0.6 is 22.9 Å². The lowest BCUT2D eigenvalue weighted by molar-refractivity contribution is 0.0975. The van der Waals surface area contributed by atoms with Crippen LogP contribution < -0.4 is 4.90 Å². The number of hydrogen-bond acceptors (Lipinski definition) is 4. The van der Waals surface area contributed by atoms with Crippen LogP contribution in [0.4, 0.5) is 13.9 Å². The summed E-state index contributed by atoms with van der Waals surface area (Å²) in [6.07, 6.45) is 0. The fourth-order valence-corrected chi connectivity index (χ4v) is 4.21. The zero-order valence-electron chi connectivity index (χ0n) is 15.6. The van der Waals surface area contributed by atoms with E-state index in [2.05, 4.69) is 9.88 Å². The molecule has 8 heteroatoms. The minimum atomic E-state index is -0.892. The highest BCUT2D eigenvalue weighted by atomic mass is 35.5. The highest BCUT2D eigenvalue weighted by molar-refractivity contribution is 7.22. The molecule has 3 aromatic rings. The van der Waals surface area contributed by atoms with Crippen molar-refractivity contribution >= 4 is 44.2 Å². The molecule has 1 heterocycles. The van der Waals surface area contributed by atoms with Gasteiger partial charge in [0.1, 0.15) is 22.7 Å². The Morgan fingerprint density at radius 1 is 1.07 bits per heavy atom. The molecule has 0 saturated heterocycles. The maximum absolute atomic E-state index is 14.2. The number of amides is 1. The van der Waals surface area contributed by atoms with Crippen LogP contribution in [0.25, 0.3) is 10.2 Å². The summed E-state index contributed by atoms with van der Waals surface area (Å²) in [6, 6.07) is 8.75. The van der Waals surface area contributed by atoms with Gasteiger partial charge in [0.2, 0.25) is 0 Å². The van der Waals surface area contributed by atoms with Gasteiger partial charge in [-0.2, -0.15) is 0 Å². The molecule has 0 spiro atoms. The lowest BCUT2D eigenvalue weighted by Crippen LogP contribution is -2.39. The van der Waals surface area contributed by atoms with Crippen molar-refractivity contribution in [2.45, 2.75) is 13.8 Å². The third-order valence-electron chi connectivity index (χ3n) is 4.55. The van der Waals surface area contributed by atoms with Crippen LogP contribution in [0, 0.1) is 11.6 Å². The summed E-state index contributed by atoms with van der Waals surface area (Å²) in [6.45, 7) is 6.45. The van der Waals surface area contributed by atoms with Crippen molar-refractivity contribution in [1.82, 2.24) is 9.88 Å². The fourth-order valence-electron chi connectivity index (χ4n) is 2.92. The first-order chi connectivity index (χ1) is 13.5. The predicted octanol–water partition coefficient (Wildman–Crippen LogP) is 5.22. The summed E-state index contributed by atoms with van der Waals surface area (Å²) < 4.78 is 29.3. The number of anilines is 1. The SMILES string of the molecule is CCN(CC)CCN(C(=O)c1c(F)cccc1F)c1nc2c(Cl)cccc2s1. The number of likely N-dealkylation sites (N-methyl/N-ethyl adjacent to an activating group) is 1. The lowest BCUT2D eigenvalue weighted by atomic mass is 10.1. The van der Waals surface area contributed by atoms with E-state index in [1.54, 1.807) is 12.1 Å². The van der Waals surface area contributed by atoms with E-state index in [4.69, 9.17) is 11.6 Å². The van der Waals surface area contributed by atoms with Gasteiger partial charge < -0.3 is 4.90 Å². The number of benzene rings is 2. The number of fused-ring (bicyclic) bond motifs is 1. The molecule has 0 saturated carbocycles. The normalized spacial score (nSPS) is 11.4. The minimum Gasteiger partial charge on any atom is -0.302 e. The van der Waals surface area contributed by atoms with E-state index in [1.807, 2.05) is 19.9 Å². The van der Waals surface area contributed by atoms with Crippen LogP contribution in [-0.2, 0) is 0 Å². The molecule has 148 valence electrons. The van der Waals surface area contributed by atoms with Gasteiger partial charge in [-0.3, -0.25) is 9.69 Å². The van der Waals surface area contributed by atoms with Gasteiger partial charge in [-0.15, -0.1) is 0 Å². The fraction of sp³-hybridized carbons (Fsp3) is 0.300. The Labute approximate surface area is 171 Å². The van der Waals surface area contributed by atoms with E-state index in [-0.39, 0.29) is 6.54 Å². The summed E-state index contributed by atoms with van der Waals surface area (Å²) in [5.41, 5.74) is -0.00814. The molecule has 28 heavy (non-hydrogen) atoms. The summed E-state index contributed by atoms with van der Waals surface area (Å²) in [5, 5.41) is 0.830. The van der Waals surface area contributed by atoms with Crippen molar-refractivity contribution in [2.24, 2.45) is 0 Å². The molecule has 0 N–H and O–H groups in total. The first-order valence-corrected chi connectivity index (χ1v) is 10.2. The molecular formula is C20H20ClF2N3OS. The van der Waals surface area contributed by atoms with Crippen LogP contribution in [-0.4, -0.2) is 42.0 Å². The number of para-hydroxylation sites is 1. The van der Waals surface area contributed by atoms with Gasteiger partial charge in [0.05, 0.1) is 9.72 Å². The Bertz CT molecular complexity index is 970. The third-order valence-corrected chi connectivity index (χ3v) is 5.89. The van der Waals surface area contributed by atoms with Gasteiger partial charge in [0, 0.05) is 13.1 Å². The zero-order chi connectivity index (χ0) is 20.3. The van der Waals surface area contributed by atoms with E-state index < -0.39 is 23.1 Å². The van der Waals surface area contributed by atoms with E-state index >= 15 is 0 Å². The quantitative estimate of drug-likeness (QED) is 0.523. The molecule has 4 nitrogen and oxygen atoms in total. The average molecular weight is 424 g/mol. The molecule has 0 radical (unpaired) electrons. The predicted molar refractivity (Wildman–Crippen MR) is 110 cm³/mol. The number of thiazole rings is 1. The summed E-state index contributed by atoms with van der Waals surface area (Å²) in [7, 11) is 0. The van der Waals surface area contributed by atoms with Crippen molar-refractivity contribution in [2.75, 3.05) is 31.1 Å². The average Bonchev–Trinajstić information content (AvgIpc) is 3.10. The molecule has 0 aliphatic carbocycles. The molecule has 3 rings (SSSR count). The molecular weight excluding hydrogens is 404 g/mol. The Morgan fingerprint density at radius 3 is 2.32 bits per heavy atom. The molecule has 1 aromatic heterocycles. The standard InChI is InChI=1S/C20H20ClF2N3OS/c1-3-25(4-2)11-12-26(19(27)17-14(22)8-6-9-15(17)23)20-24-18-13(21)7-5-10-16(18)28-20/h5-10H,3-4,11-12H2,1-2H3. The van der Waals surface area contributed by atoms with Crippen molar-refractivity contribution in [3.8, 4) is 0 Å². The second-order valence-electron chi connectivity index (χ2n) is 6.16. The van der Waals surface area contributed by atoms with Gasteiger partial charge in [-0.25, -0.2) is 13.8 Å². The Morgan fingerprint density at radius 2 is 1.71 bits per heavy atom. The lowest BCUT2D eigenvalue weighted by Gasteiger charge is -2.25. The molecule has 0 aliphatic rings. The van der Waals surface area contributed by atoms with Gasteiger partial charge in [-0.05, 0) is 37.4 Å². The summed E-state index contributed by atoms with van der Waals surface area (Å²) in [5.74, 6) is -2.54. The first kappa shape index (κ1) is 20.6. The van der Waals surface area contributed by atoms with Crippen molar-refractivity contribution in [3.63, 3.8) is 0 Å². The topological polar surface area (TPSA) is 36.4 Å². The molecule has 0 aliphatic heterocycles. The number of hydrogen-bond donors (Lipinski definition) is 0. The van der Waals surface area contributed by atoms with Gasteiger partial charge in [0.25, 0.3) is 5.91 Å². The highest BCUT2D eigenvalue weighted by Crippen LogP contribution is 2.33. The number of rotatable bonds is 7. The third kappa shape index (κ3) is 4.16. The number of halogens is 3. The van der Waals surface area contributed by atoms with Crippen molar-refractivity contribution in [3.05, 3.63) is 58.6 Å².